The first-order valence-corrected chi connectivity index (χ1v) is 2.58. The van der Waals surface area contributed by atoms with Gasteiger partial charge in [-0.1, -0.05) is 0 Å². The van der Waals surface area contributed by atoms with Crippen LogP contribution in [0.4, 0.5) is 0 Å². The molecule has 0 atom stereocenters. The molecule has 0 unspecified atom stereocenters. The highest BCUT2D eigenvalue weighted by atomic mass is 14.8. The molecule has 0 heterocycles. The van der Waals surface area contributed by atoms with Crippen molar-refractivity contribution in [3.63, 3.8) is 0 Å². The van der Waals surface area contributed by atoms with Crippen molar-refractivity contribution in [3.05, 3.63) is 11.3 Å². The second kappa shape index (κ2) is 3.02. The molecule has 0 fully saturated rings. The van der Waals surface area contributed by atoms with Crippen LogP contribution in [0, 0.1) is 5.41 Å². The van der Waals surface area contributed by atoms with E-state index in [1.165, 1.54) is 0 Å². The van der Waals surface area contributed by atoms with Crippen LogP contribution in [-0.2, 0) is 0 Å². The molecule has 0 aliphatic rings. The topological polar surface area (TPSA) is 62.2 Å². The molecule has 0 aromatic rings. The van der Waals surface area contributed by atoms with Gasteiger partial charge in [0.2, 0.25) is 0 Å². The number of aliphatic imine (C=N–C) groups is 1. The molecule has 0 rings (SSSR count). The zero-order valence-electron chi connectivity index (χ0n) is 5.73. The number of hydrogen-bond acceptors (Lipinski definition) is 2. The Morgan fingerprint density at radius 1 is 1.56 bits per heavy atom. The van der Waals surface area contributed by atoms with Crippen LogP contribution in [0.25, 0.3) is 0 Å². The predicted molar refractivity (Wildman–Crippen MR) is 39.8 cm³/mol. The van der Waals surface area contributed by atoms with Gasteiger partial charge in [0.05, 0.1) is 0 Å². The van der Waals surface area contributed by atoms with Crippen molar-refractivity contribution in [3.8, 4) is 0 Å². The Balaban J connectivity index is 4.39. The molecule has 0 spiro atoms. The zero-order valence-corrected chi connectivity index (χ0v) is 5.73. The Labute approximate surface area is 54.8 Å². The number of allylic oxidation sites excluding steroid dienone is 1. The number of nitrogens with zero attached hydrogens (tertiary/aromatic N) is 1. The molecule has 3 heteroatoms. The molecule has 0 radical (unpaired) electrons. The zero-order chi connectivity index (χ0) is 7.44. The van der Waals surface area contributed by atoms with E-state index in [0.29, 0.717) is 11.3 Å². The summed E-state index contributed by atoms with van der Waals surface area (Å²) in [6, 6.07) is 0. The van der Waals surface area contributed by atoms with Crippen LogP contribution < -0.4 is 5.73 Å². The van der Waals surface area contributed by atoms with Crippen molar-refractivity contribution in [2.45, 2.75) is 13.8 Å². The molecule has 0 aliphatic carbocycles. The fourth-order valence-corrected chi connectivity index (χ4v) is 0.305. The highest BCUT2D eigenvalue weighted by Gasteiger charge is 1.95. The van der Waals surface area contributed by atoms with Crippen LogP contribution in [0.3, 0.4) is 0 Å². The monoisotopic (exact) mass is 125 g/mol. The van der Waals surface area contributed by atoms with E-state index in [0.717, 1.165) is 0 Å². The maximum atomic E-state index is 7.11. The third kappa shape index (κ3) is 2.08. The lowest BCUT2D eigenvalue weighted by atomic mass is 10.2. The molecule has 0 saturated carbocycles. The molecular weight excluding hydrogens is 114 g/mol. The molecule has 9 heavy (non-hydrogen) atoms. The Morgan fingerprint density at radius 3 is 2.11 bits per heavy atom. The Bertz CT molecular complexity index is 163. The summed E-state index contributed by atoms with van der Waals surface area (Å²) in [6.45, 7) is 6.67. The Kier molecular flexibility index (Phi) is 2.64. The van der Waals surface area contributed by atoms with Gasteiger partial charge < -0.3 is 5.73 Å². The van der Waals surface area contributed by atoms with Gasteiger partial charge in [0.1, 0.15) is 5.84 Å². The van der Waals surface area contributed by atoms with Crippen LogP contribution >= 0.6 is 0 Å². The van der Waals surface area contributed by atoms with Gasteiger partial charge in [-0.05, 0) is 20.6 Å². The third-order valence-electron chi connectivity index (χ3n) is 1.10. The van der Waals surface area contributed by atoms with E-state index < -0.39 is 0 Å². The van der Waals surface area contributed by atoms with Crippen molar-refractivity contribution in [2.24, 2.45) is 10.7 Å². The smallest absolute Gasteiger partial charge is 0.148 e. The first-order chi connectivity index (χ1) is 4.09. The van der Waals surface area contributed by atoms with Gasteiger partial charge in [0.25, 0.3) is 0 Å². The van der Waals surface area contributed by atoms with Gasteiger partial charge in [-0.25, -0.2) is 4.99 Å². The summed E-state index contributed by atoms with van der Waals surface area (Å²) < 4.78 is 0. The number of nitrogens with one attached hydrogen (secondary N) is 1. The first-order valence-electron chi connectivity index (χ1n) is 2.58. The first kappa shape index (κ1) is 7.88. The van der Waals surface area contributed by atoms with E-state index in [9.17, 15) is 0 Å². The number of nitrogens with two attached hydrogens (primary N) is 1. The maximum absolute atomic E-state index is 7.11. The summed E-state index contributed by atoms with van der Waals surface area (Å²) in [5.41, 5.74) is 6.67. The minimum atomic E-state index is 0.148. The molecule has 0 aromatic heterocycles. The van der Waals surface area contributed by atoms with Crippen LogP contribution in [0.2, 0.25) is 0 Å². The fraction of sp³-hybridized carbons (Fsp3) is 0.333. The van der Waals surface area contributed by atoms with E-state index in [2.05, 4.69) is 11.7 Å². The average Bonchev–Trinajstić information content (AvgIpc) is 1.84. The molecule has 0 aromatic carbocycles. The van der Waals surface area contributed by atoms with E-state index in [1.807, 2.05) is 0 Å². The average molecular weight is 125 g/mol. The second-order valence-electron chi connectivity index (χ2n) is 1.81. The SMILES string of the molecule is C=NC(=N)C(C)=C(C)N. The number of rotatable bonds is 1. The molecule has 0 saturated heterocycles. The number of hydrogen-bond donors (Lipinski definition) is 2. The molecular formula is C6H11N3. The molecule has 3 N–H and O–H groups in total. The number of amidine groups is 1. The third-order valence-corrected chi connectivity index (χ3v) is 1.10. The lowest BCUT2D eigenvalue weighted by Crippen LogP contribution is -2.02. The quantitative estimate of drug-likeness (QED) is 0.397. The van der Waals surface area contributed by atoms with Gasteiger partial charge in [-0.2, -0.15) is 0 Å². The van der Waals surface area contributed by atoms with Gasteiger partial charge in [-0.3, -0.25) is 5.41 Å². The van der Waals surface area contributed by atoms with Gasteiger partial charge in [-0.15, -0.1) is 0 Å². The fourth-order valence-electron chi connectivity index (χ4n) is 0.305. The second-order valence-corrected chi connectivity index (χ2v) is 1.81. The van der Waals surface area contributed by atoms with E-state index in [4.69, 9.17) is 11.1 Å². The van der Waals surface area contributed by atoms with Gasteiger partial charge >= 0.3 is 0 Å². The van der Waals surface area contributed by atoms with Crippen molar-refractivity contribution >= 4 is 12.6 Å². The Hall–Kier alpha value is -1.12. The molecule has 50 valence electrons. The molecule has 0 bridgehead atoms. The maximum Gasteiger partial charge on any atom is 0.148 e. The standard InChI is InChI=1S/C6H11N3/c1-4(5(2)7)6(8)9-3/h8H,3,7H2,1-2H3. The van der Waals surface area contributed by atoms with Crippen molar-refractivity contribution in [1.82, 2.24) is 0 Å². The minimum Gasteiger partial charge on any atom is -0.402 e. The summed E-state index contributed by atoms with van der Waals surface area (Å²) in [5.74, 6) is 0.148. The highest BCUT2D eigenvalue weighted by Crippen LogP contribution is 1.98. The molecule has 3 nitrogen and oxygen atoms in total. The lowest BCUT2D eigenvalue weighted by Gasteiger charge is -1.97. The van der Waals surface area contributed by atoms with Crippen molar-refractivity contribution in [1.29, 1.82) is 5.41 Å². The normalized spacial score (nSPS) is 12.2. The summed E-state index contributed by atoms with van der Waals surface area (Å²) in [6.07, 6.45) is 0. The van der Waals surface area contributed by atoms with E-state index in [-0.39, 0.29) is 5.84 Å². The largest absolute Gasteiger partial charge is 0.402 e. The van der Waals surface area contributed by atoms with Crippen LogP contribution in [-0.4, -0.2) is 12.6 Å². The van der Waals surface area contributed by atoms with Crippen molar-refractivity contribution < 1.29 is 0 Å². The van der Waals surface area contributed by atoms with Crippen LogP contribution in [0.15, 0.2) is 16.3 Å². The Morgan fingerprint density at radius 2 is 2.00 bits per heavy atom. The summed E-state index contributed by atoms with van der Waals surface area (Å²) in [5, 5.41) is 7.11. The summed E-state index contributed by atoms with van der Waals surface area (Å²) in [4.78, 5) is 3.41. The van der Waals surface area contributed by atoms with E-state index >= 15 is 0 Å². The van der Waals surface area contributed by atoms with E-state index in [1.54, 1.807) is 13.8 Å². The predicted octanol–water partition coefficient (Wildman–Crippen LogP) is 0.917. The van der Waals surface area contributed by atoms with Gasteiger partial charge in [0.15, 0.2) is 0 Å². The summed E-state index contributed by atoms with van der Waals surface area (Å²) in [7, 11) is 0. The lowest BCUT2D eigenvalue weighted by molar-refractivity contribution is 1.23. The molecule has 0 aliphatic heterocycles. The van der Waals surface area contributed by atoms with Crippen LogP contribution in [0.1, 0.15) is 13.8 Å². The highest BCUT2D eigenvalue weighted by molar-refractivity contribution is 5.98. The molecule has 0 amide bonds. The van der Waals surface area contributed by atoms with Crippen molar-refractivity contribution in [2.75, 3.05) is 0 Å². The summed E-state index contributed by atoms with van der Waals surface area (Å²) >= 11 is 0. The van der Waals surface area contributed by atoms with Gasteiger partial charge in [0, 0.05) is 11.3 Å². The minimum absolute atomic E-state index is 0.148. The van der Waals surface area contributed by atoms with Crippen LogP contribution in [0.5, 0.6) is 0 Å².